The molecule has 0 aromatic heterocycles. The molecule has 2 aliphatic heterocycles. The summed E-state index contributed by atoms with van der Waals surface area (Å²) in [6.45, 7) is 2.59. The van der Waals surface area contributed by atoms with Gasteiger partial charge in [-0.05, 0) is 38.6 Å². The SMILES string of the molecule is NCC1CCCCN1C(=O)CC1CCCN1. The van der Waals surface area contributed by atoms with Crippen LogP contribution in [0.4, 0.5) is 0 Å². The minimum atomic E-state index is 0.294. The van der Waals surface area contributed by atoms with Crippen molar-refractivity contribution in [2.45, 2.75) is 50.6 Å². The number of rotatable bonds is 3. The third-order valence-electron chi connectivity index (χ3n) is 3.80. The fourth-order valence-corrected chi connectivity index (χ4v) is 2.83. The molecule has 2 rings (SSSR count). The second kappa shape index (κ2) is 5.64. The second-order valence-corrected chi connectivity index (χ2v) is 4.97. The standard InChI is InChI=1S/C12H23N3O/c13-9-11-5-1-2-7-15(11)12(16)8-10-4-3-6-14-10/h10-11,14H,1-9,13H2. The van der Waals surface area contributed by atoms with Gasteiger partial charge in [0, 0.05) is 31.6 Å². The Labute approximate surface area is 97.6 Å². The van der Waals surface area contributed by atoms with Crippen LogP contribution in [0.2, 0.25) is 0 Å². The topological polar surface area (TPSA) is 58.4 Å². The summed E-state index contributed by atoms with van der Waals surface area (Å²) in [5.41, 5.74) is 5.73. The number of piperidine rings is 1. The number of hydrogen-bond acceptors (Lipinski definition) is 3. The van der Waals surface area contributed by atoms with Crippen LogP contribution in [-0.4, -0.2) is 42.5 Å². The first kappa shape index (κ1) is 11.9. The Bertz CT molecular complexity index is 238. The molecule has 92 valence electrons. The lowest BCUT2D eigenvalue weighted by Crippen LogP contribution is -2.48. The van der Waals surface area contributed by atoms with Gasteiger partial charge in [0.15, 0.2) is 0 Å². The zero-order valence-corrected chi connectivity index (χ0v) is 9.95. The fourth-order valence-electron chi connectivity index (χ4n) is 2.83. The third-order valence-corrected chi connectivity index (χ3v) is 3.80. The van der Waals surface area contributed by atoms with Crippen LogP contribution in [0.15, 0.2) is 0 Å². The van der Waals surface area contributed by atoms with Crippen molar-refractivity contribution in [1.29, 1.82) is 0 Å². The Morgan fingerprint density at radius 2 is 2.19 bits per heavy atom. The minimum absolute atomic E-state index is 0.294. The lowest BCUT2D eigenvalue weighted by Gasteiger charge is -2.35. The molecule has 0 saturated carbocycles. The van der Waals surface area contributed by atoms with E-state index in [0.29, 0.717) is 31.0 Å². The van der Waals surface area contributed by atoms with Gasteiger partial charge < -0.3 is 16.0 Å². The number of amides is 1. The average Bonchev–Trinajstić information content (AvgIpc) is 2.81. The van der Waals surface area contributed by atoms with Gasteiger partial charge in [-0.25, -0.2) is 0 Å². The largest absolute Gasteiger partial charge is 0.338 e. The van der Waals surface area contributed by atoms with Gasteiger partial charge >= 0.3 is 0 Å². The normalized spacial score (nSPS) is 30.7. The van der Waals surface area contributed by atoms with E-state index in [1.807, 2.05) is 4.90 Å². The summed E-state index contributed by atoms with van der Waals surface area (Å²) in [7, 11) is 0. The molecular weight excluding hydrogens is 202 g/mol. The molecule has 4 heteroatoms. The van der Waals surface area contributed by atoms with Crippen LogP contribution in [0, 0.1) is 0 Å². The highest BCUT2D eigenvalue weighted by atomic mass is 16.2. The van der Waals surface area contributed by atoms with Crippen LogP contribution in [-0.2, 0) is 4.79 Å². The maximum atomic E-state index is 12.2. The first-order valence-corrected chi connectivity index (χ1v) is 6.54. The van der Waals surface area contributed by atoms with Gasteiger partial charge in [0.2, 0.25) is 5.91 Å². The Hall–Kier alpha value is -0.610. The molecule has 0 spiro atoms. The number of carbonyl (C=O) groups excluding carboxylic acids is 1. The van der Waals surface area contributed by atoms with Crippen molar-refractivity contribution >= 4 is 5.91 Å². The molecule has 2 atom stereocenters. The van der Waals surface area contributed by atoms with E-state index >= 15 is 0 Å². The van der Waals surface area contributed by atoms with E-state index in [9.17, 15) is 4.79 Å². The smallest absolute Gasteiger partial charge is 0.224 e. The third kappa shape index (κ3) is 2.74. The van der Waals surface area contributed by atoms with E-state index in [1.54, 1.807) is 0 Å². The van der Waals surface area contributed by atoms with Crippen LogP contribution >= 0.6 is 0 Å². The number of hydrogen-bond donors (Lipinski definition) is 2. The van der Waals surface area contributed by atoms with Crippen LogP contribution in [0.1, 0.15) is 38.5 Å². The molecule has 0 aromatic carbocycles. The number of nitrogens with two attached hydrogens (primary N) is 1. The summed E-state index contributed by atoms with van der Waals surface area (Å²) < 4.78 is 0. The maximum Gasteiger partial charge on any atom is 0.224 e. The molecule has 2 unspecified atom stereocenters. The van der Waals surface area contributed by atoms with E-state index in [2.05, 4.69) is 5.32 Å². The van der Waals surface area contributed by atoms with Gasteiger partial charge in [-0.15, -0.1) is 0 Å². The second-order valence-electron chi connectivity index (χ2n) is 4.97. The minimum Gasteiger partial charge on any atom is -0.338 e. The first-order valence-electron chi connectivity index (χ1n) is 6.54. The zero-order valence-electron chi connectivity index (χ0n) is 9.95. The molecular formula is C12H23N3O. The highest BCUT2D eigenvalue weighted by molar-refractivity contribution is 5.77. The molecule has 1 amide bonds. The van der Waals surface area contributed by atoms with Gasteiger partial charge in [0.05, 0.1) is 0 Å². The number of nitrogens with one attached hydrogen (secondary N) is 1. The number of nitrogens with zero attached hydrogens (tertiary/aromatic N) is 1. The Morgan fingerprint density at radius 3 is 2.88 bits per heavy atom. The Balaban J connectivity index is 1.86. The van der Waals surface area contributed by atoms with Crippen molar-refractivity contribution in [2.75, 3.05) is 19.6 Å². The van der Waals surface area contributed by atoms with Crippen molar-refractivity contribution in [1.82, 2.24) is 10.2 Å². The molecule has 2 heterocycles. The van der Waals surface area contributed by atoms with Crippen LogP contribution in [0.3, 0.4) is 0 Å². The molecule has 3 N–H and O–H groups in total. The van der Waals surface area contributed by atoms with Crippen molar-refractivity contribution in [3.05, 3.63) is 0 Å². The quantitative estimate of drug-likeness (QED) is 0.734. The number of carbonyl (C=O) groups is 1. The molecule has 4 nitrogen and oxygen atoms in total. The van der Waals surface area contributed by atoms with E-state index in [0.717, 1.165) is 32.4 Å². The van der Waals surface area contributed by atoms with E-state index in [1.165, 1.54) is 12.8 Å². The van der Waals surface area contributed by atoms with E-state index in [4.69, 9.17) is 5.73 Å². The van der Waals surface area contributed by atoms with E-state index < -0.39 is 0 Å². The maximum absolute atomic E-state index is 12.2. The summed E-state index contributed by atoms with van der Waals surface area (Å²) in [6.07, 6.45) is 6.45. The molecule has 0 radical (unpaired) electrons. The molecule has 0 bridgehead atoms. The highest BCUT2D eigenvalue weighted by Gasteiger charge is 2.27. The van der Waals surface area contributed by atoms with Crippen LogP contribution in [0.5, 0.6) is 0 Å². The summed E-state index contributed by atoms with van der Waals surface area (Å²) in [4.78, 5) is 14.2. The van der Waals surface area contributed by atoms with Gasteiger partial charge in [0.25, 0.3) is 0 Å². The summed E-state index contributed by atoms with van der Waals surface area (Å²) in [5.74, 6) is 0.301. The van der Waals surface area contributed by atoms with Gasteiger partial charge in [-0.1, -0.05) is 0 Å². The Morgan fingerprint density at radius 1 is 1.31 bits per heavy atom. The zero-order chi connectivity index (χ0) is 11.4. The number of likely N-dealkylation sites (tertiary alicyclic amines) is 1. The Kier molecular flexibility index (Phi) is 4.18. The predicted octanol–water partition coefficient (Wildman–Crippen LogP) is 0.468. The molecule has 2 aliphatic rings. The van der Waals surface area contributed by atoms with Crippen molar-refractivity contribution in [2.24, 2.45) is 5.73 Å². The molecule has 2 saturated heterocycles. The molecule has 2 fully saturated rings. The summed E-state index contributed by atoms with van der Waals surface area (Å²) in [6, 6.07) is 0.704. The predicted molar refractivity (Wildman–Crippen MR) is 64.0 cm³/mol. The van der Waals surface area contributed by atoms with Crippen LogP contribution < -0.4 is 11.1 Å². The monoisotopic (exact) mass is 225 g/mol. The van der Waals surface area contributed by atoms with Crippen molar-refractivity contribution in [3.63, 3.8) is 0 Å². The van der Waals surface area contributed by atoms with Crippen molar-refractivity contribution < 1.29 is 4.79 Å². The van der Waals surface area contributed by atoms with Crippen LogP contribution in [0.25, 0.3) is 0 Å². The van der Waals surface area contributed by atoms with Crippen molar-refractivity contribution in [3.8, 4) is 0 Å². The van der Waals surface area contributed by atoms with Gasteiger partial charge in [-0.3, -0.25) is 4.79 Å². The highest BCUT2D eigenvalue weighted by Crippen LogP contribution is 2.19. The lowest BCUT2D eigenvalue weighted by molar-refractivity contribution is -0.135. The first-order chi connectivity index (χ1) is 7.81. The molecule has 0 aromatic rings. The van der Waals surface area contributed by atoms with Gasteiger partial charge in [-0.2, -0.15) is 0 Å². The molecule has 0 aliphatic carbocycles. The van der Waals surface area contributed by atoms with Gasteiger partial charge in [0.1, 0.15) is 0 Å². The summed E-state index contributed by atoms with van der Waals surface area (Å²) >= 11 is 0. The molecule has 16 heavy (non-hydrogen) atoms. The van der Waals surface area contributed by atoms with E-state index in [-0.39, 0.29) is 0 Å². The average molecular weight is 225 g/mol. The lowest BCUT2D eigenvalue weighted by atomic mass is 10.0. The summed E-state index contributed by atoms with van der Waals surface area (Å²) in [5, 5.41) is 3.38. The fraction of sp³-hybridized carbons (Fsp3) is 0.917.